The second kappa shape index (κ2) is 4.86. The minimum absolute atomic E-state index is 0.0643. The van der Waals surface area contributed by atoms with Crippen molar-refractivity contribution in [2.24, 2.45) is 0 Å². The summed E-state index contributed by atoms with van der Waals surface area (Å²) in [5, 5.41) is 11.8. The van der Waals surface area contributed by atoms with Crippen molar-refractivity contribution in [1.82, 2.24) is 10.2 Å². The molecule has 1 aliphatic rings. The molecule has 0 radical (unpaired) electrons. The number of phenols is 1. The zero-order valence-corrected chi connectivity index (χ0v) is 9.35. The van der Waals surface area contributed by atoms with Gasteiger partial charge in [0, 0.05) is 13.1 Å². The molecule has 5 heteroatoms. The minimum Gasteiger partial charge on any atom is -0.508 e. The fraction of sp³-hybridized carbons (Fsp3) is 0.333. The molecule has 90 valence electrons. The molecule has 0 bridgehead atoms. The molecule has 2 N–H and O–H groups in total. The molecule has 0 saturated carbocycles. The average Bonchev–Trinajstić information content (AvgIpc) is 2.32. The number of nitrogens with zero attached hydrogens (tertiary/aromatic N) is 1. The van der Waals surface area contributed by atoms with E-state index in [0.717, 1.165) is 5.56 Å². The van der Waals surface area contributed by atoms with Crippen LogP contribution in [-0.4, -0.2) is 41.5 Å². The number of rotatable bonds is 2. The molecule has 2 rings (SSSR count). The van der Waals surface area contributed by atoms with Gasteiger partial charge < -0.3 is 15.3 Å². The van der Waals surface area contributed by atoms with Crippen LogP contribution in [0.2, 0.25) is 0 Å². The summed E-state index contributed by atoms with van der Waals surface area (Å²) in [7, 11) is 0. The summed E-state index contributed by atoms with van der Waals surface area (Å²) in [6.07, 6.45) is 0.258. The van der Waals surface area contributed by atoms with Gasteiger partial charge in [-0.2, -0.15) is 0 Å². The van der Waals surface area contributed by atoms with E-state index in [1.165, 1.54) is 0 Å². The SMILES string of the molecule is O=C1CN(C(=O)Cc2ccc(O)cc2)CCN1. The Morgan fingerprint density at radius 3 is 2.71 bits per heavy atom. The number of carbonyl (C=O) groups excluding carboxylic acids is 2. The molecule has 2 amide bonds. The highest BCUT2D eigenvalue weighted by atomic mass is 16.3. The van der Waals surface area contributed by atoms with Crippen LogP contribution < -0.4 is 5.32 Å². The van der Waals surface area contributed by atoms with E-state index < -0.39 is 0 Å². The Morgan fingerprint density at radius 1 is 1.35 bits per heavy atom. The van der Waals surface area contributed by atoms with Crippen molar-refractivity contribution in [3.63, 3.8) is 0 Å². The maximum Gasteiger partial charge on any atom is 0.239 e. The molecule has 1 heterocycles. The highest BCUT2D eigenvalue weighted by Crippen LogP contribution is 2.11. The van der Waals surface area contributed by atoms with Crippen LogP contribution in [0.5, 0.6) is 5.75 Å². The molecule has 5 nitrogen and oxygen atoms in total. The maximum absolute atomic E-state index is 11.9. The molecule has 17 heavy (non-hydrogen) atoms. The fourth-order valence-corrected chi connectivity index (χ4v) is 1.75. The summed E-state index contributed by atoms with van der Waals surface area (Å²) in [5.74, 6) is -0.000560. The lowest BCUT2D eigenvalue weighted by molar-refractivity contribution is -0.137. The molecular formula is C12H14N2O3. The van der Waals surface area contributed by atoms with E-state index in [1.807, 2.05) is 0 Å². The lowest BCUT2D eigenvalue weighted by Crippen LogP contribution is -2.50. The smallest absolute Gasteiger partial charge is 0.239 e. The summed E-state index contributed by atoms with van der Waals surface area (Å²) >= 11 is 0. The number of carbonyl (C=O) groups is 2. The van der Waals surface area contributed by atoms with Crippen molar-refractivity contribution < 1.29 is 14.7 Å². The van der Waals surface area contributed by atoms with Crippen molar-refractivity contribution in [2.45, 2.75) is 6.42 Å². The molecule has 0 atom stereocenters. The van der Waals surface area contributed by atoms with E-state index in [4.69, 9.17) is 5.11 Å². The first-order chi connectivity index (χ1) is 8.15. The lowest BCUT2D eigenvalue weighted by atomic mass is 10.1. The van der Waals surface area contributed by atoms with Crippen molar-refractivity contribution >= 4 is 11.8 Å². The third kappa shape index (κ3) is 2.96. The van der Waals surface area contributed by atoms with Crippen LogP contribution in [0.1, 0.15) is 5.56 Å². The second-order valence-electron chi connectivity index (χ2n) is 4.01. The first kappa shape index (κ1) is 11.4. The number of amides is 2. The van der Waals surface area contributed by atoms with Gasteiger partial charge in [0.05, 0.1) is 13.0 Å². The van der Waals surface area contributed by atoms with E-state index in [-0.39, 0.29) is 30.5 Å². The van der Waals surface area contributed by atoms with Gasteiger partial charge in [-0.15, -0.1) is 0 Å². The van der Waals surface area contributed by atoms with Crippen LogP contribution in [0, 0.1) is 0 Å². The second-order valence-corrected chi connectivity index (χ2v) is 4.01. The van der Waals surface area contributed by atoms with Gasteiger partial charge in [-0.1, -0.05) is 12.1 Å². The number of hydrogen-bond acceptors (Lipinski definition) is 3. The molecule has 1 fully saturated rings. The third-order valence-electron chi connectivity index (χ3n) is 2.68. The zero-order chi connectivity index (χ0) is 12.3. The molecule has 1 aromatic carbocycles. The molecule has 1 aliphatic heterocycles. The predicted octanol–water partition coefficient (Wildman–Crippen LogP) is -0.107. The first-order valence-corrected chi connectivity index (χ1v) is 5.47. The van der Waals surface area contributed by atoms with Crippen LogP contribution in [0.25, 0.3) is 0 Å². The Balaban J connectivity index is 1.96. The molecular weight excluding hydrogens is 220 g/mol. The third-order valence-corrected chi connectivity index (χ3v) is 2.68. The normalized spacial score (nSPS) is 15.5. The van der Waals surface area contributed by atoms with Gasteiger partial charge >= 0.3 is 0 Å². The summed E-state index contributed by atoms with van der Waals surface area (Å²) < 4.78 is 0. The number of phenolic OH excluding ortho intramolecular Hbond substituents is 1. The van der Waals surface area contributed by atoms with Crippen molar-refractivity contribution in [2.75, 3.05) is 19.6 Å². The molecule has 0 unspecified atom stereocenters. The monoisotopic (exact) mass is 234 g/mol. The Hall–Kier alpha value is -2.04. The first-order valence-electron chi connectivity index (χ1n) is 5.47. The zero-order valence-electron chi connectivity index (χ0n) is 9.35. The predicted molar refractivity (Wildman–Crippen MR) is 61.4 cm³/mol. The van der Waals surface area contributed by atoms with Gasteiger partial charge in [0.15, 0.2) is 0 Å². The van der Waals surface area contributed by atoms with Gasteiger partial charge in [-0.25, -0.2) is 0 Å². The van der Waals surface area contributed by atoms with Gasteiger partial charge in [-0.3, -0.25) is 9.59 Å². The van der Waals surface area contributed by atoms with Crippen LogP contribution in [0.3, 0.4) is 0 Å². The molecule has 0 spiro atoms. The Kier molecular flexibility index (Phi) is 3.27. The quantitative estimate of drug-likeness (QED) is 0.750. The Bertz CT molecular complexity index is 428. The number of aromatic hydroxyl groups is 1. The largest absolute Gasteiger partial charge is 0.508 e. The standard InChI is InChI=1S/C12H14N2O3/c15-10-3-1-9(2-4-10)7-12(17)14-6-5-13-11(16)8-14/h1-4,15H,5-8H2,(H,13,16). The number of benzene rings is 1. The topological polar surface area (TPSA) is 69.6 Å². The highest BCUT2D eigenvalue weighted by molar-refractivity contribution is 5.86. The van der Waals surface area contributed by atoms with Gasteiger partial charge in [0.2, 0.25) is 11.8 Å². The lowest BCUT2D eigenvalue weighted by Gasteiger charge is -2.26. The number of nitrogens with one attached hydrogen (secondary N) is 1. The summed E-state index contributed by atoms with van der Waals surface area (Å²) in [6.45, 7) is 1.21. The van der Waals surface area contributed by atoms with Crippen molar-refractivity contribution in [3.8, 4) is 5.75 Å². The highest BCUT2D eigenvalue weighted by Gasteiger charge is 2.20. The Labute approximate surface area is 99.0 Å². The number of hydrogen-bond donors (Lipinski definition) is 2. The van der Waals surface area contributed by atoms with Gasteiger partial charge in [0.25, 0.3) is 0 Å². The number of piperazine rings is 1. The summed E-state index contributed by atoms with van der Waals surface area (Å²) in [4.78, 5) is 24.6. The summed E-state index contributed by atoms with van der Waals surface area (Å²) in [6, 6.07) is 6.51. The average molecular weight is 234 g/mol. The van der Waals surface area contributed by atoms with Crippen molar-refractivity contribution in [3.05, 3.63) is 29.8 Å². The van der Waals surface area contributed by atoms with E-state index in [0.29, 0.717) is 13.1 Å². The maximum atomic E-state index is 11.9. The van der Waals surface area contributed by atoms with Crippen LogP contribution in [0.15, 0.2) is 24.3 Å². The molecule has 1 aromatic rings. The summed E-state index contributed by atoms with van der Waals surface area (Å²) in [5.41, 5.74) is 0.832. The van der Waals surface area contributed by atoms with Crippen molar-refractivity contribution in [1.29, 1.82) is 0 Å². The molecule has 0 aromatic heterocycles. The van der Waals surface area contributed by atoms with E-state index in [1.54, 1.807) is 29.2 Å². The van der Waals surface area contributed by atoms with E-state index in [9.17, 15) is 9.59 Å². The van der Waals surface area contributed by atoms with Gasteiger partial charge in [-0.05, 0) is 17.7 Å². The minimum atomic E-state index is -0.115. The van der Waals surface area contributed by atoms with E-state index in [2.05, 4.69) is 5.32 Å². The van der Waals surface area contributed by atoms with E-state index >= 15 is 0 Å². The molecule has 0 aliphatic carbocycles. The molecule has 1 saturated heterocycles. The van der Waals surface area contributed by atoms with Crippen LogP contribution in [0.4, 0.5) is 0 Å². The Morgan fingerprint density at radius 2 is 2.06 bits per heavy atom. The van der Waals surface area contributed by atoms with Crippen LogP contribution >= 0.6 is 0 Å². The van der Waals surface area contributed by atoms with Gasteiger partial charge in [0.1, 0.15) is 5.75 Å². The fourth-order valence-electron chi connectivity index (χ4n) is 1.75. The van der Waals surface area contributed by atoms with Crippen LogP contribution in [-0.2, 0) is 16.0 Å².